The van der Waals surface area contributed by atoms with Gasteiger partial charge in [-0.1, -0.05) is 23.7 Å². The predicted octanol–water partition coefficient (Wildman–Crippen LogP) is 3.84. The lowest BCUT2D eigenvalue weighted by atomic mass is 10.1. The second-order valence-electron chi connectivity index (χ2n) is 4.47. The molecule has 3 aromatic rings. The van der Waals surface area contributed by atoms with Gasteiger partial charge in [-0.05, 0) is 42.8 Å². The van der Waals surface area contributed by atoms with Crippen LogP contribution in [0.3, 0.4) is 0 Å². The van der Waals surface area contributed by atoms with E-state index in [-0.39, 0.29) is 0 Å². The number of nitrogens with zero attached hydrogens (tertiary/aromatic N) is 2. The first-order valence-corrected chi connectivity index (χ1v) is 6.31. The summed E-state index contributed by atoms with van der Waals surface area (Å²) in [4.78, 5) is 8.90. The zero-order valence-electron chi connectivity index (χ0n) is 10.4. The number of fused-ring (bicyclic) bond motifs is 1. The monoisotopic (exact) mass is 269 g/mol. The van der Waals surface area contributed by atoms with Gasteiger partial charge in [0.25, 0.3) is 0 Å². The molecule has 0 radical (unpaired) electrons. The van der Waals surface area contributed by atoms with Gasteiger partial charge >= 0.3 is 0 Å². The average Bonchev–Trinajstić information content (AvgIpc) is 2.37. The Morgan fingerprint density at radius 3 is 2.63 bits per heavy atom. The van der Waals surface area contributed by atoms with Crippen LogP contribution in [-0.4, -0.2) is 9.97 Å². The summed E-state index contributed by atoms with van der Waals surface area (Å²) in [5.41, 5.74) is 8.77. The van der Waals surface area contributed by atoms with Crippen molar-refractivity contribution < 1.29 is 0 Å². The first-order chi connectivity index (χ1) is 9.13. The summed E-state index contributed by atoms with van der Waals surface area (Å²) in [6.07, 6.45) is 0. The van der Waals surface area contributed by atoms with Crippen molar-refractivity contribution in [3.8, 4) is 11.4 Å². The number of hydrogen-bond acceptors (Lipinski definition) is 3. The molecular formula is C15H12ClN3. The van der Waals surface area contributed by atoms with Crippen molar-refractivity contribution in [3.63, 3.8) is 0 Å². The van der Waals surface area contributed by atoms with E-state index >= 15 is 0 Å². The van der Waals surface area contributed by atoms with Crippen LogP contribution in [0.4, 0.5) is 5.82 Å². The first-order valence-electron chi connectivity index (χ1n) is 5.93. The van der Waals surface area contributed by atoms with E-state index in [0.29, 0.717) is 16.7 Å². The van der Waals surface area contributed by atoms with Gasteiger partial charge in [0.05, 0.1) is 5.52 Å². The lowest BCUT2D eigenvalue weighted by Gasteiger charge is -2.06. The number of nitrogen functional groups attached to an aromatic ring is 1. The van der Waals surface area contributed by atoms with E-state index in [1.54, 1.807) is 0 Å². The summed E-state index contributed by atoms with van der Waals surface area (Å²) in [7, 11) is 0. The molecule has 0 aliphatic carbocycles. The average molecular weight is 270 g/mol. The molecule has 3 rings (SSSR count). The van der Waals surface area contributed by atoms with Crippen molar-refractivity contribution >= 4 is 28.3 Å². The van der Waals surface area contributed by atoms with Crippen LogP contribution < -0.4 is 5.73 Å². The molecule has 0 saturated heterocycles. The van der Waals surface area contributed by atoms with Crippen molar-refractivity contribution in [2.45, 2.75) is 6.92 Å². The molecule has 0 saturated carbocycles. The van der Waals surface area contributed by atoms with Gasteiger partial charge in [-0.25, -0.2) is 9.97 Å². The highest BCUT2D eigenvalue weighted by Gasteiger charge is 2.08. The number of aryl methyl sites for hydroxylation is 1. The fourth-order valence-corrected chi connectivity index (χ4v) is 2.39. The van der Waals surface area contributed by atoms with Crippen molar-refractivity contribution in [3.05, 3.63) is 53.1 Å². The van der Waals surface area contributed by atoms with E-state index in [1.807, 2.05) is 49.4 Å². The molecule has 19 heavy (non-hydrogen) atoms. The number of rotatable bonds is 1. The van der Waals surface area contributed by atoms with E-state index in [4.69, 9.17) is 17.3 Å². The Labute approximate surface area is 116 Å². The highest BCUT2D eigenvalue weighted by Crippen LogP contribution is 2.25. The summed E-state index contributed by atoms with van der Waals surface area (Å²) in [6, 6.07) is 13.4. The Kier molecular flexibility index (Phi) is 2.84. The van der Waals surface area contributed by atoms with Gasteiger partial charge in [0.2, 0.25) is 0 Å². The minimum absolute atomic E-state index is 0.484. The zero-order valence-corrected chi connectivity index (χ0v) is 11.1. The lowest BCUT2D eigenvalue weighted by Crippen LogP contribution is -1.97. The molecule has 0 fully saturated rings. The second-order valence-corrected chi connectivity index (χ2v) is 4.90. The minimum Gasteiger partial charge on any atom is -0.383 e. The summed E-state index contributed by atoms with van der Waals surface area (Å²) in [6.45, 7) is 1.99. The standard InChI is InChI=1S/C15H12ClN3/c1-9-6-10(8-11(16)7-9)15-18-13-5-3-2-4-12(13)14(17)19-15/h2-8H,1H3,(H2,17,18,19). The third kappa shape index (κ3) is 2.25. The first kappa shape index (κ1) is 11.9. The number of nitrogens with two attached hydrogens (primary N) is 1. The quantitative estimate of drug-likeness (QED) is 0.730. The number of anilines is 1. The Morgan fingerprint density at radius 2 is 1.84 bits per heavy atom. The second kappa shape index (κ2) is 4.52. The Hall–Kier alpha value is -2.13. The van der Waals surface area contributed by atoms with Gasteiger partial charge in [0.1, 0.15) is 5.82 Å². The fraction of sp³-hybridized carbons (Fsp3) is 0.0667. The highest BCUT2D eigenvalue weighted by atomic mass is 35.5. The maximum Gasteiger partial charge on any atom is 0.162 e. The van der Waals surface area contributed by atoms with Gasteiger partial charge in [-0.3, -0.25) is 0 Å². The summed E-state index contributed by atoms with van der Waals surface area (Å²) in [5, 5.41) is 1.54. The Morgan fingerprint density at radius 1 is 1.05 bits per heavy atom. The molecule has 1 heterocycles. The molecule has 0 bridgehead atoms. The largest absolute Gasteiger partial charge is 0.383 e. The SMILES string of the molecule is Cc1cc(Cl)cc(-c2nc(N)c3ccccc3n2)c1. The smallest absolute Gasteiger partial charge is 0.162 e. The van der Waals surface area contributed by atoms with Crippen LogP contribution in [0.25, 0.3) is 22.3 Å². The third-order valence-corrected chi connectivity index (χ3v) is 3.15. The highest BCUT2D eigenvalue weighted by molar-refractivity contribution is 6.30. The van der Waals surface area contributed by atoms with Crippen molar-refractivity contribution in [1.29, 1.82) is 0 Å². The van der Waals surface area contributed by atoms with Crippen LogP contribution in [0.5, 0.6) is 0 Å². The van der Waals surface area contributed by atoms with Gasteiger partial charge in [0.15, 0.2) is 5.82 Å². The Balaban J connectivity index is 2.25. The molecule has 4 heteroatoms. The van der Waals surface area contributed by atoms with E-state index < -0.39 is 0 Å². The number of para-hydroxylation sites is 1. The van der Waals surface area contributed by atoms with Crippen LogP contribution in [0, 0.1) is 6.92 Å². The molecule has 2 aromatic carbocycles. The number of aromatic nitrogens is 2. The number of hydrogen-bond donors (Lipinski definition) is 1. The van der Waals surface area contributed by atoms with E-state index in [2.05, 4.69) is 9.97 Å². The molecule has 1 aromatic heterocycles. The molecule has 3 nitrogen and oxygen atoms in total. The van der Waals surface area contributed by atoms with Crippen LogP contribution in [0.1, 0.15) is 5.56 Å². The normalized spacial score (nSPS) is 10.8. The van der Waals surface area contributed by atoms with Crippen molar-refractivity contribution in [1.82, 2.24) is 9.97 Å². The topological polar surface area (TPSA) is 51.8 Å². The number of halogens is 1. The molecule has 2 N–H and O–H groups in total. The third-order valence-electron chi connectivity index (χ3n) is 2.93. The van der Waals surface area contributed by atoms with Crippen LogP contribution in [-0.2, 0) is 0 Å². The van der Waals surface area contributed by atoms with Gasteiger partial charge in [0, 0.05) is 16.0 Å². The molecule has 0 aliphatic heterocycles. The van der Waals surface area contributed by atoms with Crippen molar-refractivity contribution in [2.24, 2.45) is 0 Å². The minimum atomic E-state index is 0.484. The summed E-state index contributed by atoms with van der Waals surface area (Å²) < 4.78 is 0. The van der Waals surface area contributed by atoms with E-state index in [0.717, 1.165) is 22.0 Å². The van der Waals surface area contributed by atoms with Crippen LogP contribution in [0.15, 0.2) is 42.5 Å². The maximum atomic E-state index is 6.07. The molecule has 0 aliphatic rings. The summed E-state index contributed by atoms with van der Waals surface area (Å²) in [5.74, 6) is 1.08. The van der Waals surface area contributed by atoms with E-state index in [9.17, 15) is 0 Å². The van der Waals surface area contributed by atoms with Crippen LogP contribution >= 0.6 is 11.6 Å². The molecule has 0 atom stereocenters. The number of benzene rings is 2. The van der Waals surface area contributed by atoms with E-state index in [1.165, 1.54) is 0 Å². The Bertz CT molecular complexity index is 748. The predicted molar refractivity (Wildman–Crippen MR) is 79.1 cm³/mol. The van der Waals surface area contributed by atoms with Gasteiger partial charge in [-0.15, -0.1) is 0 Å². The molecule has 0 amide bonds. The zero-order chi connectivity index (χ0) is 13.4. The van der Waals surface area contributed by atoms with Crippen molar-refractivity contribution in [2.75, 3.05) is 5.73 Å². The molecule has 0 unspecified atom stereocenters. The maximum absolute atomic E-state index is 6.07. The van der Waals surface area contributed by atoms with Crippen LogP contribution in [0.2, 0.25) is 5.02 Å². The fourth-order valence-electron chi connectivity index (χ4n) is 2.10. The van der Waals surface area contributed by atoms with Gasteiger partial charge in [-0.2, -0.15) is 0 Å². The van der Waals surface area contributed by atoms with Gasteiger partial charge < -0.3 is 5.73 Å². The molecular weight excluding hydrogens is 258 g/mol. The molecule has 94 valence electrons. The lowest BCUT2D eigenvalue weighted by molar-refractivity contribution is 1.23. The summed E-state index contributed by atoms with van der Waals surface area (Å²) >= 11 is 6.07. The molecule has 0 spiro atoms.